The zero-order valence-electron chi connectivity index (χ0n) is 8.54. The Balaban J connectivity index is 2.45. The Kier molecular flexibility index (Phi) is 2.77. The quantitative estimate of drug-likeness (QED) is 0.440. The summed E-state index contributed by atoms with van der Waals surface area (Å²) in [7, 11) is 0. The summed E-state index contributed by atoms with van der Waals surface area (Å²) < 4.78 is 0. The Morgan fingerprint density at radius 3 is 2.81 bits per heavy atom. The van der Waals surface area contributed by atoms with E-state index in [2.05, 4.69) is 15.2 Å². The number of hydrogen-bond acceptors (Lipinski definition) is 3. The van der Waals surface area contributed by atoms with E-state index in [-0.39, 0.29) is 5.96 Å². The maximum absolute atomic E-state index is 5.16. The van der Waals surface area contributed by atoms with Crippen LogP contribution in [0, 0.1) is 0 Å². The number of fused-ring (bicyclic) bond motifs is 1. The predicted molar refractivity (Wildman–Crippen MR) is 65.1 cm³/mol. The fraction of sp³-hybridized carbons (Fsp3) is 0. The van der Waals surface area contributed by atoms with Gasteiger partial charge in [-0.1, -0.05) is 24.3 Å². The van der Waals surface area contributed by atoms with Gasteiger partial charge in [-0.2, -0.15) is 5.10 Å². The van der Waals surface area contributed by atoms with Gasteiger partial charge in [0.05, 0.1) is 11.9 Å². The molecular formula is C11H11N5. The van der Waals surface area contributed by atoms with Gasteiger partial charge in [-0.25, -0.2) is 0 Å². The number of nitrogens with two attached hydrogens (primary N) is 2. The van der Waals surface area contributed by atoms with E-state index in [1.165, 1.54) is 6.21 Å². The maximum atomic E-state index is 5.16. The average Bonchev–Trinajstić information content (AvgIpc) is 2.29. The van der Waals surface area contributed by atoms with Crippen LogP contribution < -0.4 is 11.5 Å². The molecule has 0 saturated heterocycles. The highest BCUT2D eigenvalue weighted by molar-refractivity contribution is 5.97. The lowest BCUT2D eigenvalue weighted by atomic mass is 10.1. The van der Waals surface area contributed by atoms with Gasteiger partial charge in [0, 0.05) is 11.6 Å². The van der Waals surface area contributed by atoms with Crippen LogP contribution in [0.2, 0.25) is 0 Å². The molecule has 0 amide bonds. The highest BCUT2D eigenvalue weighted by atomic mass is 15.3. The molecule has 0 aliphatic carbocycles. The number of guanidine groups is 1. The number of hydrogen-bond donors (Lipinski definition) is 2. The molecule has 0 fully saturated rings. The van der Waals surface area contributed by atoms with Gasteiger partial charge in [-0.3, -0.25) is 4.98 Å². The lowest BCUT2D eigenvalue weighted by Gasteiger charge is -1.98. The monoisotopic (exact) mass is 213 g/mol. The first-order valence-corrected chi connectivity index (χ1v) is 4.73. The van der Waals surface area contributed by atoms with Crippen LogP contribution >= 0.6 is 0 Å². The van der Waals surface area contributed by atoms with Gasteiger partial charge in [0.15, 0.2) is 0 Å². The maximum Gasteiger partial charge on any atom is 0.211 e. The van der Waals surface area contributed by atoms with Crippen molar-refractivity contribution >= 4 is 22.9 Å². The Bertz CT molecular complexity index is 550. The largest absolute Gasteiger partial charge is 0.369 e. The molecule has 0 bridgehead atoms. The smallest absolute Gasteiger partial charge is 0.211 e. The SMILES string of the molecule is NC(N)=NN=Cc1nccc2ccccc12. The van der Waals surface area contributed by atoms with Crippen LogP contribution in [0.15, 0.2) is 46.7 Å². The molecule has 2 aromatic rings. The number of nitrogens with zero attached hydrogens (tertiary/aromatic N) is 3. The summed E-state index contributed by atoms with van der Waals surface area (Å²) in [4.78, 5) is 4.20. The van der Waals surface area contributed by atoms with Crippen molar-refractivity contribution in [2.45, 2.75) is 0 Å². The van der Waals surface area contributed by atoms with Crippen molar-refractivity contribution in [3.05, 3.63) is 42.2 Å². The normalized spacial score (nSPS) is 10.8. The van der Waals surface area contributed by atoms with Crippen LogP contribution in [0.25, 0.3) is 10.8 Å². The number of benzene rings is 1. The standard InChI is InChI=1S/C11H11N5/c12-11(13)16-15-7-10-9-4-2-1-3-8(9)5-6-14-10/h1-7H,(H4,12,13,16). The summed E-state index contributed by atoms with van der Waals surface area (Å²) in [6, 6.07) is 9.84. The third kappa shape index (κ3) is 2.14. The zero-order valence-corrected chi connectivity index (χ0v) is 8.54. The topological polar surface area (TPSA) is 89.7 Å². The minimum atomic E-state index is -0.0727. The summed E-state index contributed by atoms with van der Waals surface area (Å²) >= 11 is 0. The van der Waals surface area contributed by atoms with Crippen LogP contribution in [0.1, 0.15) is 5.69 Å². The van der Waals surface area contributed by atoms with E-state index < -0.39 is 0 Å². The summed E-state index contributed by atoms with van der Waals surface area (Å²) in [5.41, 5.74) is 11.1. The Labute approximate surface area is 92.5 Å². The molecular weight excluding hydrogens is 202 g/mol. The van der Waals surface area contributed by atoms with Crippen molar-refractivity contribution in [2.24, 2.45) is 21.7 Å². The first kappa shape index (κ1) is 10.1. The molecule has 0 unspecified atom stereocenters. The summed E-state index contributed by atoms with van der Waals surface area (Å²) in [5.74, 6) is -0.0727. The molecule has 0 atom stereocenters. The third-order valence-electron chi connectivity index (χ3n) is 2.06. The molecule has 0 spiro atoms. The van der Waals surface area contributed by atoms with E-state index in [0.29, 0.717) is 0 Å². The van der Waals surface area contributed by atoms with Gasteiger partial charge in [0.1, 0.15) is 0 Å². The highest BCUT2D eigenvalue weighted by Crippen LogP contribution is 2.14. The molecule has 1 aromatic heterocycles. The molecule has 16 heavy (non-hydrogen) atoms. The van der Waals surface area contributed by atoms with Crippen molar-refractivity contribution < 1.29 is 0 Å². The second-order valence-electron chi connectivity index (χ2n) is 3.19. The summed E-state index contributed by atoms with van der Waals surface area (Å²) in [6.07, 6.45) is 3.25. The zero-order chi connectivity index (χ0) is 11.4. The van der Waals surface area contributed by atoms with Crippen molar-refractivity contribution in [3.63, 3.8) is 0 Å². The second kappa shape index (κ2) is 4.39. The number of aromatic nitrogens is 1. The molecule has 1 heterocycles. The molecule has 0 saturated carbocycles. The fourth-order valence-corrected chi connectivity index (χ4v) is 1.40. The van der Waals surface area contributed by atoms with E-state index in [0.717, 1.165) is 16.5 Å². The van der Waals surface area contributed by atoms with E-state index in [1.54, 1.807) is 6.20 Å². The molecule has 5 heteroatoms. The van der Waals surface area contributed by atoms with Gasteiger partial charge in [0.25, 0.3) is 0 Å². The molecule has 0 aliphatic heterocycles. The van der Waals surface area contributed by atoms with Crippen molar-refractivity contribution in [2.75, 3.05) is 0 Å². The molecule has 0 aliphatic rings. The van der Waals surface area contributed by atoms with E-state index in [9.17, 15) is 0 Å². The van der Waals surface area contributed by atoms with Gasteiger partial charge in [-0.15, -0.1) is 5.10 Å². The Morgan fingerprint density at radius 1 is 1.19 bits per heavy atom. The highest BCUT2D eigenvalue weighted by Gasteiger charge is 1.97. The minimum absolute atomic E-state index is 0.0727. The Hall–Kier alpha value is -2.43. The number of rotatable bonds is 2. The van der Waals surface area contributed by atoms with Crippen LogP contribution in [0.3, 0.4) is 0 Å². The van der Waals surface area contributed by atoms with Gasteiger partial charge in [-0.05, 0) is 11.5 Å². The minimum Gasteiger partial charge on any atom is -0.369 e. The fourth-order valence-electron chi connectivity index (χ4n) is 1.40. The average molecular weight is 213 g/mol. The van der Waals surface area contributed by atoms with Crippen LogP contribution in [-0.4, -0.2) is 17.2 Å². The first-order valence-electron chi connectivity index (χ1n) is 4.73. The van der Waals surface area contributed by atoms with E-state index in [4.69, 9.17) is 11.5 Å². The third-order valence-corrected chi connectivity index (χ3v) is 2.06. The number of pyridine rings is 1. The molecule has 1 aromatic carbocycles. The summed E-state index contributed by atoms with van der Waals surface area (Å²) in [6.45, 7) is 0. The molecule has 0 radical (unpaired) electrons. The van der Waals surface area contributed by atoms with Crippen LogP contribution in [-0.2, 0) is 0 Å². The molecule has 2 rings (SSSR count). The summed E-state index contributed by atoms with van der Waals surface area (Å²) in [5, 5.41) is 9.38. The van der Waals surface area contributed by atoms with Crippen molar-refractivity contribution in [3.8, 4) is 0 Å². The molecule has 80 valence electrons. The van der Waals surface area contributed by atoms with E-state index in [1.807, 2.05) is 30.3 Å². The lowest BCUT2D eigenvalue weighted by molar-refractivity contribution is 1.21. The van der Waals surface area contributed by atoms with Crippen LogP contribution in [0.4, 0.5) is 0 Å². The molecule has 4 N–H and O–H groups in total. The molecule has 5 nitrogen and oxygen atoms in total. The van der Waals surface area contributed by atoms with Gasteiger partial charge >= 0.3 is 0 Å². The second-order valence-corrected chi connectivity index (χ2v) is 3.19. The van der Waals surface area contributed by atoms with Gasteiger partial charge < -0.3 is 11.5 Å². The van der Waals surface area contributed by atoms with Crippen molar-refractivity contribution in [1.29, 1.82) is 0 Å². The Morgan fingerprint density at radius 2 is 2.00 bits per heavy atom. The van der Waals surface area contributed by atoms with Gasteiger partial charge in [0.2, 0.25) is 5.96 Å². The predicted octanol–water partition coefficient (Wildman–Crippen LogP) is 0.842. The van der Waals surface area contributed by atoms with E-state index >= 15 is 0 Å². The lowest BCUT2D eigenvalue weighted by Crippen LogP contribution is -2.21. The first-order chi connectivity index (χ1) is 7.77. The van der Waals surface area contributed by atoms with Crippen LogP contribution in [0.5, 0.6) is 0 Å². The van der Waals surface area contributed by atoms with Crippen molar-refractivity contribution in [1.82, 2.24) is 4.98 Å².